The minimum Gasteiger partial charge on any atom is -0.492 e. The van der Waals surface area contributed by atoms with E-state index < -0.39 is 0 Å². The van der Waals surface area contributed by atoms with E-state index in [0.717, 1.165) is 36.7 Å². The van der Waals surface area contributed by atoms with Crippen LogP contribution in [0.15, 0.2) is 58.1 Å². The van der Waals surface area contributed by atoms with E-state index in [2.05, 4.69) is 10.6 Å². The van der Waals surface area contributed by atoms with Crippen molar-refractivity contribution in [1.82, 2.24) is 15.5 Å². The van der Waals surface area contributed by atoms with Crippen LogP contribution in [0.3, 0.4) is 0 Å². The van der Waals surface area contributed by atoms with E-state index in [-0.39, 0.29) is 12.1 Å². The number of ether oxygens (including phenoxy) is 2. The van der Waals surface area contributed by atoms with Crippen LogP contribution in [-0.4, -0.2) is 62.4 Å². The summed E-state index contributed by atoms with van der Waals surface area (Å²) in [5, 5.41) is 6.85. The number of hydrogen-bond acceptors (Lipinski definition) is 5. The van der Waals surface area contributed by atoms with Crippen molar-refractivity contribution in [1.29, 1.82) is 0 Å². The Morgan fingerprint density at radius 1 is 1.19 bits per heavy atom. The van der Waals surface area contributed by atoms with Crippen molar-refractivity contribution in [2.75, 3.05) is 39.4 Å². The van der Waals surface area contributed by atoms with E-state index in [4.69, 9.17) is 18.9 Å². The lowest BCUT2D eigenvalue weighted by atomic mass is 10.1. The van der Waals surface area contributed by atoms with Gasteiger partial charge in [0, 0.05) is 32.1 Å². The second-order valence-electron chi connectivity index (χ2n) is 7.25. The molecule has 2 N–H and O–H groups in total. The van der Waals surface area contributed by atoms with Gasteiger partial charge in [-0.05, 0) is 44.0 Å². The van der Waals surface area contributed by atoms with Crippen LogP contribution in [0.5, 0.6) is 5.75 Å². The maximum atomic E-state index is 11.9. The van der Waals surface area contributed by atoms with E-state index >= 15 is 0 Å². The monoisotopic (exact) mass is 428 g/mol. The molecule has 2 aromatic rings. The van der Waals surface area contributed by atoms with E-state index in [1.165, 1.54) is 0 Å². The Balaban J connectivity index is 1.47. The van der Waals surface area contributed by atoms with Gasteiger partial charge in [0.1, 0.15) is 18.1 Å². The number of para-hydroxylation sites is 1. The van der Waals surface area contributed by atoms with E-state index in [1.807, 2.05) is 49.4 Å². The van der Waals surface area contributed by atoms with Gasteiger partial charge >= 0.3 is 6.09 Å². The van der Waals surface area contributed by atoms with Gasteiger partial charge in [-0.15, -0.1) is 0 Å². The van der Waals surface area contributed by atoms with E-state index in [1.54, 1.807) is 11.2 Å². The van der Waals surface area contributed by atoms with Crippen LogP contribution in [0, 0.1) is 0 Å². The predicted molar refractivity (Wildman–Crippen MR) is 119 cm³/mol. The number of hydrogen-bond donors (Lipinski definition) is 2. The van der Waals surface area contributed by atoms with Crippen molar-refractivity contribution in [3.8, 4) is 5.75 Å². The number of amides is 1. The molecule has 8 heteroatoms. The highest BCUT2D eigenvalue weighted by Gasteiger charge is 2.24. The molecule has 168 valence electrons. The normalized spacial score (nSPS) is 14.9. The molecule has 0 atom stereocenters. The highest BCUT2D eigenvalue weighted by Crippen LogP contribution is 2.12. The standard InChI is InChI=1S/C23H32N4O4/c1-2-29-23(28)27-15-11-19(12-16-27)26-22(24-13-10-21-9-6-17-30-21)25-14-18-31-20-7-4-3-5-8-20/h3-9,17,19H,2,10-16,18H2,1H3,(H2,24,25,26). The first-order valence-corrected chi connectivity index (χ1v) is 10.9. The Morgan fingerprint density at radius 3 is 2.71 bits per heavy atom. The van der Waals surface area contributed by atoms with Gasteiger partial charge in [0.2, 0.25) is 0 Å². The highest BCUT2D eigenvalue weighted by atomic mass is 16.6. The number of nitrogens with one attached hydrogen (secondary N) is 2. The summed E-state index contributed by atoms with van der Waals surface area (Å²) in [7, 11) is 0. The van der Waals surface area contributed by atoms with Crippen molar-refractivity contribution in [3.63, 3.8) is 0 Å². The lowest BCUT2D eigenvalue weighted by Crippen LogP contribution is -2.50. The fraction of sp³-hybridized carbons (Fsp3) is 0.478. The SMILES string of the molecule is CCOC(=O)N1CCC(NC(=NCCc2ccco2)NCCOc2ccccc2)CC1. The zero-order chi connectivity index (χ0) is 21.7. The van der Waals surface area contributed by atoms with Crippen molar-refractivity contribution < 1.29 is 18.7 Å². The van der Waals surface area contributed by atoms with Gasteiger partial charge in [0.05, 0.1) is 19.4 Å². The number of piperidine rings is 1. The molecule has 2 heterocycles. The molecule has 3 rings (SSSR count). The maximum absolute atomic E-state index is 11.9. The quantitative estimate of drug-likeness (QED) is 0.363. The van der Waals surface area contributed by atoms with Gasteiger partial charge in [-0.25, -0.2) is 4.79 Å². The van der Waals surface area contributed by atoms with Gasteiger partial charge in [-0.3, -0.25) is 4.99 Å². The van der Waals surface area contributed by atoms with Gasteiger partial charge in [-0.2, -0.15) is 0 Å². The summed E-state index contributed by atoms with van der Waals surface area (Å²) in [6, 6.07) is 13.8. The second kappa shape index (κ2) is 12.5. The Bertz CT molecular complexity index is 787. The number of carbonyl (C=O) groups excluding carboxylic acids is 1. The molecular weight excluding hydrogens is 396 g/mol. The third-order valence-electron chi connectivity index (χ3n) is 4.98. The Hall–Kier alpha value is -3.16. The molecule has 1 aromatic heterocycles. The molecule has 1 fully saturated rings. The minimum absolute atomic E-state index is 0.232. The number of carbonyl (C=O) groups is 1. The summed E-state index contributed by atoms with van der Waals surface area (Å²) in [5.74, 6) is 2.51. The molecule has 1 aliphatic heterocycles. The van der Waals surface area contributed by atoms with Gasteiger partial charge in [0.15, 0.2) is 5.96 Å². The fourth-order valence-corrected chi connectivity index (χ4v) is 3.35. The molecule has 31 heavy (non-hydrogen) atoms. The Morgan fingerprint density at radius 2 is 2.00 bits per heavy atom. The molecular formula is C23H32N4O4. The summed E-state index contributed by atoms with van der Waals surface area (Å²) in [6.45, 7) is 5.35. The predicted octanol–water partition coefficient (Wildman–Crippen LogP) is 3.06. The molecule has 1 saturated heterocycles. The summed E-state index contributed by atoms with van der Waals surface area (Å²) in [6.07, 6.45) is 3.87. The van der Waals surface area contributed by atoms with Crippen molar-refractivity contribution in [2.24, 2.45) is 4.99 Å². The van der Waals surface area contributed by atoms with Crippen LogP contribution in [0.4, 0.5) is 4.79 Å². The number of guanidine groups is 1. The van der Waals surface area contributed by atoms with Crippen LogP contribution in [0.25, 0.3) is 0 Å². The second-order valence-corrected chi connectivity index (χ2v) is 7.25. The number of likely N-dealkylation sites (tertiary alicyclic amines) is 1. The zero-order valence-electron chi connectivity index (χ0n) is 18.1. The summed E-state index contributed by atoms with van der Waals surface area (Å²) in [4.78, 5) is 18.4. The summed E-state index contributed by atoms with van der Waals surface area (Å²) < 4.78 is 16.2. The molecule has 8 nitrogen and oxygen atoms in total. The molecule has 1 aromatic carbocycles. The largest absolute Gasteiger partial charge is 0.492 e. The maximum Gasteiger partial charge on any atom is 0.409 e. The third-order valence-corrected chi connectivity index (χ3v) is 4.98. The minimum atomic E-state index is -0.232. The molecule has 0 bridgehead atoms. The van der Waals surface area contributed by atoms with E-state index in [9.17, 15) is 4.79 Å². The number of nitrogens with zero attached hydrogens (tertiary/aromatic N) is 2. The molecule has 0 aliphatic carbocycles. The van der Waals surface area contributed by atoms with Gasteiger partial charge in [-0.1, -0.05) is 18.2 Å². The van der Waals surface area contributed by atoms with E-state index in [0.29, 0.717) is 39.4 Å². The smallest absolute Gasteiger partial charge is 0.409 e. The van der Waals surface area contributed by atoms with Crippen molar-refractivity contribution >= 4 is 12.1 Å². The molecule has 0 saturated carbocycles. The van der Waals surface area contributed by atoms with Crippen LogP contribution in [0.1, 0.15) is 25.5 Å². The van der Waals surface area contributed by atoms with Crippen LogP contribution < -0.4 is 15.4 Å². The van der Waals surface area contributed by atoms with Crippen molar-refractivity contribution in [3.05, 3.63) is 54.5 Å². The van der Waals surface area contributed by atoms with Gasteiger partial charge < -0.3 is 29.4 Å². The summed E-state index contributed by atoms with van der Waals surface area (Å²) >= 11 is 0. The third kappa shape index (κ3) is 7.88. The lowest BCUT2D eigenvalue weighted by Gasteiger charge is -2.32. The first-order valence-electron chi connectivity index (χ1n) is 10.9. The number of rotatable bonds is 9. The first-order chi connectivity index (χ1) is 15.2. The fourth-order valence-electron chi connectivity index (χ4n) is 3.35. The Kier molecular flexibility index (Phi) is 9.09. The van der Waals surface area contributed by atoms with Crippen LogP contribution in [-0.2, 0) is 11.2 Å². The lowest BCUT2D eigenvalue weighted by molar-refractivity contribution is 0.0963. The number of aliphatic imine (C=N–C) groups is 1. The summed E-state index contributed by atoms with van der Waals surface area (Å²) in [5.41, 5.74) is 0. The molecule has 0 spiro atoms. The Labute approximate surface area is 183 Å². The molecule has 0 radical (unpaired) electrons. The van der Waals surface area contributed by atoms with Crippen LogP contribution in [0.2, 0.25) is 0 Å². The van der Waals surface area contributed by atoms with Gasteiger partial charge in [0.25, 0.3) is 0 Å². The number of furan rings is 1. The van der Waals surface area contributed by atoms with Crippen LogP contribution >= 0.6 is 0 Å². The zero-order valence-corrected chi connectivity index (χ0v) is 18.1. The molecule has 1 amide bonds. The van der Waals surface area contributed by atoms with Crippen molar-refractivity contribution in [2.45, 2.75) is 32.2 Å². The first kappa shape index (κ1) is 22.5. The topological polar surface area (TPSA) is 88.3 Å². The highest BCUT2D eigenvalue weighted by molar-refractivity contribution is 5.80. The average Bonchev–Trinajstić information content (AvgIpc) is 3.31. The average molecular weight is 429 g/mol. The number of benzene rings is 1. The molecule has 0 unspecified atom stereocenters. The molecule has 1 aliphatic rings.